The third kappa shape index (κ3) is 2.36. The molecule has 3 heteroatoms. The lowest BCUT2D eigenvalue weighted by Gasteiger charge is -2.28. The maximum atomic E-state index is 9.13. The Morgan fingerprint density at radius 1 is 1.50 bits per heavy atom. The molecule has 0 amide bonds. The molecular formula is C13H19NO2. The van der Waals surface area contributed by atoms with Crippen molar-refractivity contribution >= 4 is 0 Å². The van der Waals surface area contributed by atoms with E-state index in [4.69, 9.17) is 15.6 Å². The number of hydrogen-bond acceptors (Lipinski definition) is 3. The van der Waals surface area contributed by atoms with Gasteiger partial charge in [-0.1, -0.05) is 17.7 Å². The van der Waals surface area contributed by atoms with Crippen molar-refractivity contribution < 1.29 is 9.84 Å². The lowest BCUT2D eigenvalue weighted by atomic mass is 9.95. The topological polar surface area (TPSA) is 55.5 Å². The van der Waals surface area contributed by atoms with Crippen LogP contribution in [0.2, 0.25) is 0 Å². The highest BCUT2D eigenvalue weighted by molar-refractivity contribution is 5.39. The van der Waals surface area contributed by atoms with Crippen LogP contribution in [0.4, 0.5) is 0 Å². The zero-order valence-corrected chi connectivity index (χ0v) is 9.65. The van der Waals surface area contributed by atoms with Crippen LogP contribution in [0, 0.1) is 6.92 Å². The highest BCUT2D eigenvalue weighted by Crippen LogP contribution is 2.30. The van der Waals surface area contributed by atoms with E-state index >= 15 is 0 Å². The second-order valence-corrected chi connectivity index (χ2v) is 4.50. The van der Waals surface area contributed by atoms with Crippen molar-refractivity contribution in [2.75, 3.05) is 6.61 Å². The number of ether oxygens (including phenoxy) is 1. The largest absolute Gasteiger partial charge is 0.490 e. The van der Waals surface area contributed by atoms with Crippen LogP contribution in [0.25, 0.3) is 0 Å². The molecule has 0 bridgehead atoms. The summed E-state index contributed by atoms with van der Waals surface area (Å²) in [5.41, 5.74) is 7.92. The van der Waals surface area contributed by atoms with E-state index in [0.717, 1.165) is 29.7 Å². The van der Waals surface area contributed by atoms with Crippen molar-refractivity contribution in [3.05, 3.63) is 29.3 Å². The molecule has 1 aromatic rings. The summed E-state index contributed by atoms with van der Waals surface area (Å²) in [5.74, 6) is 0.830. The van der Waals surface area contributed by atoms with Gasteiger partial charge in [0, 0.05) is 5.56 Å². The first kappa shape index (κ1) is 11.4. The van der Waals surface area contributed by atoms with Gasteiger partial charge in [-0.05, 0) is 32.3 Å². The summed E-state index contributed by atoms with van der Waals surface area (Å²) >= 11 is 0. The minimum atomic E-state index is -0.352. The maximum Gasteiger partial charge on any atom is 0.124 e. The van der Waals surface area contributed by atoms with Gasteiger partial charge in [-0.15, -0.1) is 0 Å². The predicted molar refractivity (Wildman–Crippen MR) is 63.5 cm³/mol. The highest BCUT2D eigenvalue weighted by atomic mass is 16.5. The van der Waals surface area contributed by atoms with Gasteiger partial charge in [0.1, 0.15) is 5.75 Å². The van der Waals surface area contributed by atoms with Gasteiger partial charge in [0.2, 0.25) is 0 Å². The lowest BCUT2D eigenvalue weighted by molar-refractivity contribution is 0.117. The van der Waals surface area contributed by atoms with Gasteiger partial charge in [0.15, 0.2) is 0 Å². The second-order valence-electron chi connectivity index (χ2n) is 4.50. The molecule has 0 aromatic heterocycles. The summed E-state index contributed by atoms with van der Waals surface area (Å²) < 4.78 is 5.87. The Kier molecular flexibility index (Phi) is 3.46. The van der Waals surface area contributed by atoms with E-state index in [9.17, 15) is 0 Å². The molecule has 1 atom stereocenters. The fraction of sp³-hybridized carbons (Fsp3) is 0.538. The van der Waals surface area contributed by atoms with Crippen molar-refractivity contribution in [3.8, 4) is 5.75 Å². The Balaban J connectivity index is 2.20. The van der Waals surface area contributed by atoms with Crippen LogP contribution in [0.15, 0.2) is 18.2 Å². The van der Waals surface area contributed by atoms with Crippen LogP contribution in [-0.2, 0) is 0 Å². The molecule has 88 valence electrons. The molecule has 1 saturated carbocycles. The number of hydrogen-bond donors (Lipinski definition) is 2. The predicted octanol–water partition coefficient (Wildman–Crippen LogP) is 1.92. The van der Waals surface area contributed by atoms with Crippen molar-refractivity contribution in [1.29, 1.82) is 0 Å². The molecule has 0 spiro atoms. The summed E-state index contributed by atoms with van der Waals surface area (Å²) in [6.07, 6.45) is 3.84. The van der Waals surface area contributed by atoms with Crippen LogP contribution in [0.3, 0.4) is 0 Å². The summed E-state index contributed by atoms with van der Waals surface area (Å²) in [5, 5.41) is 9.13. The monoisotopic (exact) mass is 221 g/mol. The standard InChI is InChI=1S/C13H19NO2/c1-9-5-6-13(16-10-3-2-4-10)11(7-9)12(14)8-15/h5-7,10,12,15H,2-4,8,14H2,1H3. The number of nitrogens with two attached hydrogens (primary N) is 1. The SMILES string of the molecule is Cc1ccc(OC2CCC2)c(C(N)CO)c1. The number of rotatable bonds is 4. The van der Waals surface area contributed by atoms with E-state index in [-0.39, 0.29) is 12.6 Å². The number of aryl methyl sites for hydroxylation is 1. The lowest BCUT2D eigenvalue weighted by Crippen LogP contribution is -2.26. The molecule has 3 nitrogen and oxygen atoms in total. The van der Waals surface area contributed by atoms with Crippen LogP contribution < -0.4 is 10.5 Å². The van der Waals surface area contributed by atoms with Crippen LogP contribution in [0.1, 0.15) is 36.4 Å². The van der Waals surface area contributed by atoms with Crippen molar-refractivity contribution in [2.45, 2.75) is 38.3 Å². The molecule has 0 saturated heterocycles. The zero-order valence-electron chi connectivity index (χ0n) is 9.65. The fourth-order valence-electron chi connectivity index (χ4n) is 1.83. The first-order valence-electron chi connectivity index (χ1n) is 5.84. The van der Waals surface area contributed by atoms with Gasteiger partial charge >= 0.3 is 0 Å². The summed E-state index contributed by atoms with van der Waals surface area (Å²) in [6, 6.07) is 5.62. The quantitative estimate of drug-likeness (QED) is 0.816. The van der Waals surface area contributed by atoms with E-state index in [1.165, 1.54) is 6.42 Å². The Morgan fingerprint density at radius 3 is 2.81 bits per heavy atom. The van der Waals surface area contributed by atoms with Crippen LogP contribution in [0.5, 0.6) is 5.75 Å². The molecule has 0 heterocycles. The first-order valence-corrected chi connectivity index (χ1v) is 5.84. The number of benzene rings is 1. The molecule has 1 aliphatic carbocycles. The van der Waals surface area contributed by atoms with Gasteiger partial charge in [0.25, 0.3) is 0 Å². The molecule has 0 radical (unpaired) electrons. The highest BCUT2D eigenvalue weighted by Gasteiger charge is 2.21. The average Bonchev–Trinajstić information content (AvgIpc) is 2.23. The molecule has 3 N–H and O–H groups in total. The number of aliphatic hydroxyl groups is 1. The molecule has 1 unspecified atom stereocenters. The van der Waals surface area contributed by atoms with Crippen molar-refractivity contribution in [1.82, 2.24) is 0 Å². The van der Waals surface area contributed by atoms with E-state index in [1.807, 2.05) is 25.1 Å². The second kappa shape index (κ2) is 4.85. The molecule has 1 aromatic carbocycles. The van der Waals surface area contributed by atoms with Gasteiger partial charge < -0.3 is 15.6 Å². The number of aliphatic hydroxyl groups excluding tert-OH is 1. The Bertz CT molecular complexity index is 361. The normalized spacial score (nSPS) is 17.9. The zero-order chi connectivity index (χ0) is 11.5. The van der Waals surface area contributed by atoms with Crippen LogP contribution in [-0.4, -0.2) is 17.8 Å². The fourth-order valence-corrected chi connectivity index (χ4v) is 1.83. The van der Waals surface area contributed by atoms with Gasteiger partial charge in [-0.25, -0.2) is 0 Å². The molecule has 16 heavy (non-hydrogen) atoms. The third-order valence-electron chi connectivity index (χ3n) is 3.11. The third-order valence-corrected chi connectivity index (χ3v) is 3.11. The van der Waals surface area contributed by atoms with Crippen molar-refractivity contribution in [3.63, 3.8) is 0 Å². The van der Waals surface area contributed by atoms with E-state index < -0.39 is 0 Å². The average molecular weight is 221 g/mol. The Hall–Kier alpha value is -1.06. The first-order chi connectivity index (χ1) is 7.70. The summed E-state index contributed by atoms with van der Waals surface area (Å²) in [7, 11) is 0. The molecule has 2 rings (SSSR count). The van der Waals surface area contributed by atoms with Gasteiger partial charge in [-0.3, -0.25) is 0 Å². The minimum Gasteiger partial charge on any atom is -0.490 e. The Labute approximate surface area is 96.2 Å². The Morgan fingerprint density at radius 2 is 2.25 bits per heavy atom. The maximum absolute atomic E-state index is 9.13. The summed E-state index contributed by atoms with van der Waals surface area (Å²) in [6.45, 7) is 1.96. The van der Waals surface area contributed by atoms with Crippen molar-refractivity contribution in [2.24, 2.45) is 5.73 Å². The summed E-state index contributed by atoms with van der Waals surface area (Å²) in [4.78, 5) is 0. The minimum absolute atomic E-state index is 0.0511. The van der Waals surface area contributed by atoms with Gasteiger partial charge in [0.05, 0.1) is 18.8 Å². The molecule has 1 aliphatic rings. The molecule has 1 fully saturated rings. The van der Waals surface area contributed by atoms with Crippen LogP contribution >= 0.6 is 0 Å². The van der Waals surface area contributed by atoms with E-state index in [2.05, 4.69) is 0 Å². The van der Waals surface area contributed by atoms with E-state index in [1.54, 1.807) is 0 Å². The van der Waals surface area contributed by atoms with Gasteiger partial charge in [-0.2, -0.15) is 0 Å². The molecular weight excluding hydrogens is 202 g/mol. The van der Waals surface area contributed by atoms with E-state index in [0.29, 0.717) is 6.10 Å². The smallest absolute Gasteiger partial charge is 0.124 e. The molecule has 0 aliphatic heterocycles.